The van der Waals surface area contributed by atoms with Gasteiger partial charge in [-0.2, -0.15) is 13.2 Å². The second-order valence-corrected chi connectivity index (χ2v) is 8.99. The number of carbonyl (C=O) groups is 1. The predicted octanol–water partition coefficient (Wildman–Crippen LogP) is 6.58. The maximum absolute atomic E-state index is 14.0. The lowest BCUT2D eigenvalue weighted by molar-refractivity contribution is -0.122. The zero-order valence-electron chi connectivity index (χ0n) is 15.6. The van der Waals surface area contributed by atoms with Gasteiger partial charge < -0.3 is 5.32 Å². The molecule has 1 aromatic carbocycles. The van der Waals surface area contributed by atoms with Gasteiger partial charge in [0, 0.05) is 15.6 Å². The summed E-state index contributed by atoms with van der Waals surface area (Å²) in [5, 5.41) is 3.01. The minimum atomic E-state index is -4.41. The van der Waals surface area contributed by atoms with Crippen molar-refractivity contribution < 1.29 is 22.4 Å². The van der Waals surface area contributed by atoms with Crippen molar-refractivity contribution in [3.8, 4) is 0 Å². The van der Waals surface area contributed by atoms with Crippen LogP contribution in [-0.4, -0.2) is 16.8 Å². The van der Waals surface area contributed by atoms with E-state index in [4.69, 9.17) is 11.6 Å². The molecule has 2 nitrogen and oxygen atoms in total. The fraction of sp³-hybridized carbons (Fsp3) is 0.350. The normalized spacial score (nSPS) is 15.8. The average Bonchev–Trinajstić information content (AvgIpc) is 2.55. The number of alkyl halides is 3. The molecule has 0 unspecified atom stereocenters. The summed E-state index contributed by atoms with van der Waals surface area (Å²) in [5.74, 6) is -0.892. The van der Waals surface area contributed by atoms with Crippen LogP contribution in [0.1, 0.15) is 33.6 Å². The summed E-state index contributed by atoms with van der Waals surface area (Å²) in [7, 11) is 0. The van der Waals surface area contributed by atoms with Crippen molar-refractivity contribution in [2.24, 2.45) is 0 Å². The van der Waals surface area contributed by atoms with E-state index in [1.54, 1.807) is 13.8 Å². The molecule has 152 valence electrons. The molecule has 0 fully saturated rings. The third-order valence-electron chi connectivity index (χ3n) is 4.17. The van der Waals surface area contributed by atoms with Crippen molar-refractivity contribution >= 4 is 29.3 Å². The van der Waals surface area contributed by atoms with Gasteiger partial charge in [0.2, 0.25) is 5.91 Å². The van der Waals surface area contributed by atoms with Gasteiger partial charge >= 0.3 is 6.18 Å². The third kappa shape index (κ3) is 5.88. The van der Waals surface area contributed by atoms with Crippen LogP contribution in [0.3, 0.4) is 0 Å². The number of amides is 1. The monoisotopic (exact) mass is 433 g/mol. The third-order valence-corrected chi connectivity index (χ3v) is 5.66. The fourth-order valence-corrected chi connectivity index (χ4v) is 3.70. The Bertz CT molecular complexity index is 856. The molecule has 0 aliphatic heterocycles. The highest BCUT2D eigenvalue weighted by molar-refractivity contribution is 8.01. The Morgan fingerprint density at radius 3 is 2.50 bits per heavy atom. The molecule has 0 atom stereocenters. The SMILES string of the molecule is CC1=C(C(F)(F)F)C=CC=C(NC(=O)C(C)(C)Sc2ccc(Cl)cc2F)CC1. The van der Waals surface area contributed by atoms with Gasteiger partial charge in [-0.15, -0.1) is 11.8 Å². The van der Waals surface area contributed by atoms with Crippen LogP contribution in [0.2, 0.25) is 5.02 Å². The Morgan fingerprint density at radius 2 is 1.89 bits per heavy atom. The maximum atomic E-state index is 14.0. The molecule has 1 aliphatic rings. The number of rotatable bonds is 4. The van der Waals surface area contributed by atoms with Crippen LogP contribution in [-0.2, 0) is 4.79 Å². The van der Waals surface area contributed by atoms with Crippen LogP contribution in [0.5, 0.6) is 0 Å². The number of halogens is 5. The molecule has 0 radical (unpaired) electrons. The summed E-state index contributed by atoms with van der Waals surface area (Å²) in [6, 6.07) is 4.21. The van der Waals surface area contributed by atoms with E-state index in [2.05, 4.69) is 5.32 Å². The Balaban J connectivity index is 2.11. The largest absolute Gasteiger partial charge is 0.416 e. The summed E-state index contributed by atoms with van der Waals surface area (Å²) in [6.45, 7) is 4.72. The lowest BCUT2D eigenvalue weighted by atomic mass is 10.00. The van der Waals surface area contributed by atoms with Gasteiger partial charge in [0.05, 0.1) is 10.3 Å². The highest BCUT2D eigenvalue weighted by Crippen LogP contribution is 2.36. The first kappa shape index (κ1) is 22.6. The molecule has 1 aromatic rings. The van der Waals surface area contributed by atoms with Gasteiger partial charge in [0.25, 0.3) is 0 Å². The Kier molecular flexibility index (Phi) is 7.04. The van der Waals surface area contributed by atoms with E-state index < -0.39 is 22.3 Å². The van der Waals surface area contributed by atoms with Gasteiger partial charge in [0.15, 0.2) is 0 Å². The molecular weight excluding hydrogens is 414 g/mol. The van der Waals surface area contributed by atoms with E-state index in [0.717, 1.165) is 17.8 Å². The predicted molar refractivity (Wildman–Crippen MR) is 105 cm³/mol. The molecule has 0 spiro atoms. The summed E-state index contributed by atoms with van der Waals surface area (Å²) >= 11 is 6.78. The van der Waals surface area contributed by atoms with Crippen LogP contribution < -0.4 is 5.32 Å². The minimum Gasteiger partial charge on any atom is -0.329 e. The number of carbonyl (C=O) groups excluding carboxylic acids is 1. The van der Waals surface area contributed by atoms with Crippen molar-refractivity contribution in [3.05, 3.63) is 64.1 Å². The number of hydrogen-bond donors (Lipinski definition) is 1. The minimum absolute atomic E-state index is 0.171. The first-order valence-corrected chi connectivity index (χ1v) is 9.69. The summed E-state index contributed by atoms with van der Waals surface area (Å²) in [5.41, 5.74) is 0.0516. The Labute approximate surface area is 170 Å². The van der Waals surface area contributed by atoms with Crippen LogP contribution in [0.4, 0.5) is 17.6 Å². The average molecular weight is 434 g/mol. The van der Waals surface area contributed by atoms with E-state index in [9.17, 15) is 22.4 Å². The first-order valence-electron chi connectivity index (χ1n) is 8.50. The van der Waals surface area contributed by atoms with E-state index in [0.29, 0.717) is 5.70 Å². The number of allylic oxidation sites excluding steroid dienone is 6. The quantitative estimate of drug-likeness (QED) is 0.429. The van der Waals surface area contributed by atoms with Crippen molar-refractivity contribution in [2.45, 2.75) is 49.4 Å². The molecule has 0 heterocycles. The standard InChI is InChI=1S/C20H20ClF4NOS/c1-12-7-9-14(5-4-6-15(12)20(23,24)25)26-18(27)19(2,3)28-17-10-8-13(21)11-16(17)22/h4-6,8,10-11H,7,9H2,1-3H3,(H,26,27). The Hall–Kier alpha value is -1.73. The van der Waals surface area contributed by atoms with Crippen molar-refractivity contribution in [3.63, 3.8) is 0 Å². The molecule has 0 saturated carbocycles. The second-order valence-electron chi connectivity index (χ2n) is 6.88. The van der Waals surface area contributed by atoms with Crippen molar-refractivity contribution in [1.82, 2.24) is 5.32 Å². The zero-order valence-corrected chi connectivity index (χ0v) is 17.2. The van der Waals surface area contributed by atoms with E-state index >= 15 is 0 Å². The van der Waals surface area contributed by atoms with Crippen LogP contribution in [0.25, 0.3) is 0 Å². The summed E-state index contributed by atoms with van der Waals surface area (Å²) in [4.78, 5) is 13.0. The summed E-state index contributed by atoms with van der Waals surface area (Å²) in [6.07, 6.45) is -0.234. The highest BCUT2D eigenvalue weighted by Gasteiger charge is 2.34. The van der Waals surface area contributed by atoms with Gasteiger partial charge in [0.1, 0.15) is 5.82 Å². The Morgan fingerprint density at radius 1 is 1.21 bits per heavy atom. The lowest BCUT2D eigenvalue weighted by Gasteiger charge is -2.24. The van der Waals surface area contributed by atoms with Gasteiger partial charge in [-0.05, 0) is 57.9 Å². The van der Waals surface area contributed by atoms with Crippen molar-refractivity contribution in [2.75, 3.05) is 0 Å². The smallest absolute Gasteiger partial charge is 0.329 e. The molecule has 1 aliphatic carbocycles. The topological polar surface area (TPSA) is 29.1 Å². The van der Waals surface area contributed by atoms with Gasteiger partial charge in [-0.3, -0.25) is 4.79 Å². The van der Waals surface area contributed by atoms with E-state index in [1.807, 2.05) is 0 Å². The van der Waals surface area contributed by atoms with Crippen LogP contribution in [0.15, 0.2) is 58.2 Å². The number of benzene rings is 1. The van der Waals surface area contributed by atoms with E-state index in [-0.39, 0.29) is 34.2 Å². The fourth-order valence-electron chi connectivity index (χ4n) is 2.56. The molecule has 0 bridgehead atoms. The highest BCUT2D eigenvalue weighted by atomic mass is 35.5. The molecular formula is C20H20ClF4NOS. The second kappa shape index (κ2) is 8.74. The zero-order chi connectivity index (χ0) is 21.1. The molecule has 28 heavy (non-hydrogen) atoms. The van der Waals surface area contributed by atoms with Crippen molar-refractivity contribution in [1.29, 1.82) is 0 Å². The molecule has 1 N–H and O–H groups in total. The lowest BCUT2D eigenvalue weighted by Crippen LogP contribution is -2.39. The molecule has 0 saturated heterocycles. The summed E-state index contributed by atoms with van der Waals surface area (Å²) < 4.78 is 52.0. The first-order chi connectivity index (χ1) is 12.9. The molecule has 1 amide bonds. The van der Waals surface area contributed by atoms with Crippen LogP contribution in [0, 0.1) is 5.82 Å². The molecule has 2 rings (SSSR count). The van der Waals surface area contributed by atoms with Gasteiger partial charge in [-0.25, -0.2) is 4.39 Å². The molecule has 8 heteroatoms. The molecule has 0 aromatic heterocycles. The number of thioether (sulfide) groups is 1. The van der Waals surface area contributed by atoms with Gasteiger partial charge in [-0.1, -0.05) is 29.3 Å². The van der Waals surface area contributed by atoms with E-state index in [1.165, 1.54) is 37.3 Å². The number of nitrogens with one attached hydrogen (secondary N) is 1. The maximum Gasteiger partial charge on any atom is 0.416 e. The number of hydrogen-bond acceptors (Lipinski definition) is 2. The van der Waals surface area contributed by atoms with Crippen LogP contribution >= 0.6 is 23.4 Å².